The average molecular weight is 304 g/mol. The minimum atomic E-state index is -0.434. The number of rotatable bonds is 6. The van der Waals surface area contributed by atoms with Crippen molar-refractivity contribution in [3.63, 3.8) is 0 Å². The minimum Gasteiger partial charge on any atom is -0.380 e. The molecule has 1 aromatic carbocycles. The molecule has 0 aliphatic heterocycles. The van der Waals surface area contributed by atoms with Gasteiger partial charge in [0.05, 0.1) is 12.1 Å². The number of carbonyl (C=O) groups excluding carboxylic acids is 1. The molecule has 21 heavy (non-hydrogen) atoms. The van der Waals surface area contributed by atoms with E-state index in [0.717, 1.165) is 17.0 Å². The Morgan fingerprint density at radius 1 is 1.38 bits per heavy atom. The van der Waals surface area contributed by atoms with Crippen molar-refractivity contribution in [2.24, 2.45) is 0 Å². The van der Waals surface area contributed by atoms with Crippen LogP contribution in [0, 0.1) is 0 Å². The van der Waals surface area contributed by atoms with Gasteiger partial charge in [0, 0.05) is 24.3 Å². The maximum atomic E-state index is 12.4. The Morgan fingerprint density at radius 3 is 2.62 bits per heavy atom. The van der Waals surface area contributed by atoms with Crippen LogP contribution in [0.1, 0.15) is 41.2 Å². The molecule has 2 aromatic rings. The molecule has 0 aliphatic carbocycles. The normalized spacial score (nSPS) is 13.7. The Hall–Kier alpha value is -1.72. The topological polar surface area (TPSA) is 51.2 Å². The van der Waals surface area contributed by atoms with Crippen LogP contribution < -0.4 is 5.32 Å². The summed E-state index contributed by atoms with van der Waals surface area (Å²) in [5.74, 6) is -0.0847. The zero-order chi connectivity index (χ0) is 15.3. The van der Waals surface area contributed by atoms with Gasteiger partial charge in [-0.25, -0.2) is 4.98 Å². The third kappa shape index (κ3) is 3.68. The summed E-state index contributed by atoms with van der Waals surface area (Å²) in [4.78, 5) is 16.7. The van der Waals surface area contributed by atoms with Crippen molar-refractivity contribution in [2.45, 2.75) is 32.4 Å². The molecule has 5 heteroatoms. The fourth-order valence-electron chi connectivity index (χ4n) is 2.03. The number of amides is 1. The van der Waals surface area contributed by atoms with Gasteiger partial charge in [-0.3, -0.25) is 4.79 Å². The Balaban J connectivity index is 2.12. The second-order valence-electron chi connectivity index (χ2n) is 5.11. The lowest BCUT2D eigenvalue weighted by Gasteiger charge is -2.27. The lowest BCUT2D eigenvalue weighted by atomic mass is 9.99. The number of thiazole rings is 1. The first-order valence-electron chi connectivity index (χ1n) is 6.89. The van der Waals surface area contributed by atoms with Crippen LogP contribution in [-0.4, -0.2) is 18.0 Å². The lowest BCUT2D eigenvalue weighted by molar-refractivity contribution is 0.0902. The standard InChI is InChI=1S/C16H20N2O2S/c1-4-16(2,15-17-9-10-21-15)18-14(19)13-7-5-12(6-8-13)11-20-3/h5-10H,4,11H2,1-3H3,(H,18,19). The summed E-state index contributed by atoms with van der Waals surface area (Å²) in [6, 6.07) is 7.46. The first kappa shape index (κ1) is 15.7. The molecule has 0 radical (unpaired) electrons. The van der Waals surface area contributed by atoms with E-state index in [2.05, 4.69) is 10.3 Å². The van der Waals surface area contributed by atoms with Crippen molar-refractivity contribution in [3.8, 4) is 0 Å². The molecular weight excluding hydrogens is 284 g/mol. The van der Waals surface area contributed by atoms with Gasteiger partial charge in [-0.2, -0.15) is 0 Å². The van der Waals surface area contributed by atoms with Crippen LogP contribution in [0.15, 0.2) is 35.8 Å². The number of ether oxygens (including phenoxy) is 1. The Kier molecular flexibility index (Phi) is 5.09. The molecule has 0 saturated heterocycles. The van der Waals surface area contributed by atoms with Crippen molar-refractivity contribution in [3.05, 3.63) is 52.0 Å². The monoisotopic (exact) mass is 304 g/mol. The zero-order valence-corrected chi connectivity index (χ0v) is 13.4. The largest absolute Gasteiger partial charge is 0.380 e. The molecule has 0 saturated carbocycles. The molecule has 1 atom stereocenters. The fraction of sp³-hybridized carbons (Fsp3) is 0.375. The van der Waals surface area contributed by atoms with E-state index in [-0.39, 0.29) is 5.91 Å². The van der Waals surface area contributed by atoms with E-state index in [0.29, 0.717) is 12.2 Å². The van der Waals surface area contributed by atoms with Crippen LogP contribution in [0.2, 0.25) is 0 Å². The quantitative estimate of drug-likeness (QED) is 0.890. The van der Waals surface area contributed by atoms with Crippen molar-refractivity contribution < 1.29 is 9.53 Å². The number of methoxy groups -OCH3 is 1. The summed E-state index contributed by atoms with van der Waals surface area (Å²) in [5.41, 5.74) is 1.26. The number of hydrogen-bond donors (Lipinski definition) is 1. The highest BCUT2D eigenvalue weighted by molar-refractivity contribution is 7.09. The zero-order valence-electron chi connectivity index (χ0n) is 12.6. The molecule has 4 nitrogen and oxygen atoms in total. The third-order valence-electron chi connectivity index (χ3n) is 3.53. The molecule has 1 heterocycles. The third-order valence-corrected chi connectivity index (χ3v) is 4.56. The van der Waals surface area contributed by atoms with Gasteiger partial charge < -0.3 is 10.1 Å². The highest BCUT2D eigenvalue weighted by atomic mass is 32.1. The number of nitrogens with zero attached hydrogens (tertiary/aromatic N) is 1. The first-order valence-corrected chi connectivity index (χ1v) is 7.77. The smallest absolute Gasteiger partial charge is 0.252 e. The highest BCUT2D eigenvalue weighted by Crippen LogP contribution is 2.26. The minimum absolute atomic E-state index is 0.0847. The first-order chi connectivity index (χ1) is 10.1. The Bertz CT molecular complexity index is 581. The second-order valence-corrected chi connectivity index (χ2v) is 6.00. The summed E-state index contributed by atoms with van der Waals surface area (Å²) in [5, 5.41) is 5.94. The Morgan fingerprint density at radius 2 is 2.10 bits per heavy atom. The van der Waals surface area contributed by atoms with Crippen LogP contribution in [-0.2, 0) is 16.9 Å². The molecule has 1 N–H and O–H groups in total. The number of nitrogens with one attached hydrogen (secondary N) is 1. The van der Waals surface area contributed by atoms with Crippen LogP contribution in [0.5, 0.6) is 0 Å². The van der Waals surface area contributed by atoms with Gasteiger partial charge in [0.1, 0.15) is 5.01 Å². The van der Waals surface area contributed by atoms with Crippen LogP contribution in [0.4, 0.5) is 0 Å². The fourth-order valence-corrected chi connectivity index (χ4v) is 2.86. The average Bonchev–Trinajstić information content (AvgIpc) is 3.03. The summed E-state index contributed by atoms with van der Waals surface area (Å²) >= 11 is 1.56. The van der Waals surface area contributed by atoms with E-state index in [9.17, 15) is 4.79 Å². The van der Waals surface area contributed by atoms with Gasteiger partial charge in [0.2, 0.25) is 0 Å². The van der Waals surface area contributed by atoms with E-state index in [1.54, 1.807) is 24.6 Å². The van der Waals surface area contributed by atoms with Crippen molar-refractivity contribution in [1.29, 1.82) is 0 Å². The molecule has 112 valence electrons. The van der Waals surface area contributed by atoms with E-state index in [4.69, 9.17) is 4.74 Å². The maximum absolute atomic E-state index is 12.4. The molecule has 0 fully saturated rings. The van der Waals surface area contributed by atoms with Crippen molar-refractivity contribution in [1.82, 2.24) is 10.3 Å². The number of benzene rings is 1. The van der Waals surface area contributed by atoms with E-state index in [1.165, 1.54) is 0 Å². The van der Waals surface area contributed by atoms with Gasteiger partial charge in [-0.05, 0) is 31.0 Å². The van der Waals surface area contributed by atoms with Crippen molar-refractivity contribution in [2.75, 3.05) is 7.11 Å². The maximum Gasteiger partial charge on any atom is 0.252 e. The van der Waals surface area contributed by atoms with E-state index >= 15 is 0 Å². The van der Waals surface area contributed by atoms with Gasteiger partial charge in [-0.1, -0.05) is 19.1 Å². The number of hydrogen-bond acceptors (Lipinski definition) is 4. The summed E-state index contributed by atoms with van der Waals surface area (Å²) in [6.07, 6.45) is 2.55. The summed E-state index contributed by atoms with van der Waals surface area (Å²) in [6.45, 7) is 4.60. The van der Waals surface area contributed by atoms with E-state index in [1.807, 2.05) is 43.5 Å². The molecular formula is C16H20N2O2S. The van der Waals surface area contributed by atoms with Gasteiger partial charge in [-0.15, -0.1) is 11.3 Å². The molecule has 0 aliphatic rings. The molecule has 1 amide bonds. The second kappa shape index (κ2) is 6.83. The van der Waals surface area contributed by atoms with Crippen LogP contribution in [0.25, 0.3) is 0 Å². The van der Waals surface area contributed by atoms with Crippen LogP contribution in [0.3, 0.4) is 0 Å². The number of aromatic nitrogens is 1. The highest BCUT2D eigenvalue weighted by Gasteiger charge is 2.29. The van der Waals surface area contributed by atoms with E-state index < -0.39 is 5.54 Å². The summed E-state index contributed by atoms with van der Waals surface area (Å²) < 4.78 is 5.07. The SMILES string of the molecule is CCC(C)(NC(=O)c1ccc(COC)cc1)c1nccs1. The van der Waals surface area contributed by atoms with Gasteiger partial charge in [0.25, 0.3) is 5.91 Å². The van der Waals surface area contributed by atoms with Crippen LogP contribution >= 0.6 is 11.3 Å². The molecule has 1 unspecified atom stereocenters. The van der Waals surface area contributed by atoms with Gasteiger partial charge >= 0.3 is 0 Å². The summed E-state index contributed by atoms with van der Waals surface area (Å²) in [7, 11) is 1.65. The number of carbonyl (C=O) groups is 1. The molecule has 2 rings (SSSR count). The van der Waals surface area contributed by atoms with Gasteiger partial charge in [0.15, 0.2) is 0 Å². The predicted molar refractivity (Wildman–Crippen MR) is 84.4 cm³/mol. The van der Waals surface area contributed by atoms with Crippen molar-refractivity contribution >= 4 is 17.2 Å². The molecule has 1 aromatic heterocycles. The molecule has 0 bridgehead atoms. The predicted octanol–water partition coefficient (Wildman–Crippen LogP) is 3.34. The Labute approximate surface area is 129 Å². The molecule has 0 spiro atoms. The lowest BCUT2D eigenvalue weighted by Crippen LogP contribution is -2.43.